The van der Waals surface area contributed by atoms with Crippen LogP contribution in [0.4, 0.5) is 6.01 Å². The monoisotopic (exact) mass is 425 g/mol. The van der Waals surface area contributed by atoms with Crippen LogP contribution < -0.4 is 5.73 Å². The molecule has 1 aromatic heterocycles. The minimum atomic E-state index is -1.53. The standard InChI is InChI=1S/C25H19N3O4/c1-3-13-28-15(2)19(22(29)31-14-16-9-5-4-6-10-16)25(23(28)30)18-12-8-7-11-17(18)20-21(25)27-24(26)32-20/h1,4-12H,13-14H2,2H3,(H2,26,27)/t25-/m1/s1. The highest BCUT2D eigenvalue weighted by Crippen LogP contribution is 2.57. The third-order valence-corrected chi connectivity index (χ3v) is 5.95. The first kappa shape index (κ1) is 19.6. The average molecular weight is 425 g/mol. The number of nitrogen functional groups attached to an aromatic ring is 1. The van der Waals surface area contributed by atoms with Crippen LogP contribution in [0.25, 0.3) is 11.3 Å². The molecule has 1 amide bonds. The summed E-state index contributed by atoms with van der Waals surface area (Å²) >= 11 is 0. The molecule has 1 spiro atoms. The number of ether oxygens (including phenoxy) is 1. The molecule has 0 unspecified atom stereocenters. The normalized spacial score (nSPS) is 18.6. The highest BCUT2D eigenvalue weighted by molar-refractivity contribution is 6.14. The van der Waals surface area contributed by atoms with Gasteiger partial charge in [0.05, 0.1) is 12.1 Å². The van der Waals surface area contributed by atoms with Gasteiger partial charge in [-0.15, -0.1) is 6.42 Å². The molecule has 3 aromatic rings. The third kappa shape index (κ3) is 2.53. The topological polar surface area (TPSA) is 98.7 Å². The number of fused-ring (bicyclic) bond motifs is 5. The first-order valence-corrected chi connectivity index (χ1v) is 10.0. The molecule has 7 heteroatoms. The van der Waals surface area contributed by atoms with E-state index in [1.165, 1.54) is 4.90 Å². The van der Waals surface area contributed by atoms with Crippen LogP contribution in [0.3, 0.4) is 0 Å². The maximum Gasteiger partial charge on any atom is 0.337 e. The highest BCUT2D eigenvalue weighted by atomic mass is 16.5. The van der Waals surface area contributed by atoms with Crippen LogP contribution >= 0.6 is 0 Å². The molecule has 0 bridgehead atoms. The number of nitrogens with two attached hydrogens (primary N) is 1. The number of terminal acetylenes is 1. The van der Waals surface area contributed by atoms with Crippen molar-refractivity contribution in [1.82, 2.24) is 9.88 Å². The zero-order chi connectivity index (χ0) is 22.5. The quantitative estimate of drug-likeness (QED) is 0.510. The number of aromatic nitrogens is 1. The molecule has 32 heavy (non-hydrogen) atoms. The molecular weight excluding hydrogens is 406 g/mol. The van der Waals surface area contributed by atoms with E-state index in [1.807, 2.05) is 42.5 Å². The van der Waals surface area contributed by atoms with Crippen LogP contribution in [0.2, 0.25) is 0 Å². The first-order valence-electron chi connectivity index (χ1n) is 10.0. The van der Waals surface area contributed by atoms with Crippen molar-refractivity contribution in [2.24, 2.45) is 0 Å². The Bertz CT molecular complexity index is 1330. The van der Waals surface area contributed by atoms with E-state index in [9.17, 15) is 9.59 Å². The zero-order valence-corrected chi connectivity index (χ0v) is 17.3. The second-order valence-corrected chi connectivity index (χ2v) is 7.64. The molecule has 0 fully saturated rings. The van der Waals surface area contributed by atoms with Crippen molar-refractivity contribution in [2.75, 3.05) is 12.3 Å². The lowest BCUT2D eigenvalue weighted by molar-refractivity contribution is -0.142. The summed E-state index contributed by atoms with van der Waals surface area (Å²) in [5, 5.41) is 0. The number of hydrogen-bond acceptors (Lipinski definition) is 6. The smallest absolute Gasteiger partial charge is 0.337 e. The van der Waals surface area contributed by atoms with E-state index in [0.717, 1.165) is 5.56 Å². The van der Waals surface area contributed by atoms with Gasteiger partial charge in [-0.2, -0.15) is 4.98 Å². The lowest BCUT2D eigenvalue weighted by atomic mass is 9.74. The third-order valence-electron chi connectivity index (χ3n) is 5.95. The number of nitrogens with zero attached hydrogens (tertiary/aromatic N) is 2. The summed E-state index contributed by atoms with van der Waals surface area (Å²) in [6, 6.07) is 16.5. The average Bonchev–Trinajstić information content (AvgIpc) is 3.38. The number of esters is 1. The molecule has 0 saturated heterocycles. The van der Waals surface area contributed by atoms with Crippen molar-refractivity contribution < 1.29 is 18.7 Å². The van der Waals surface area contributed by atoms with Gasteiger partial charge in [0.2, 0.25) is 5.91 Å². The minimum Gasteiger partial charge on any atom is -0.457 e. The molecule has 2 heterocycles. The number of benzene rings is 2. The SMILES string of the molecule is C#CCN1C(=O)[C@@]2(C(C(=O)OCc3ccccc3)=C1C)c1ccccc1-c1oc(N)nc12. The molecule has 2 N–H and O–H groups in total. The van der Waals surface area contributed by atoms with Gasteiger partial charge in [0.15, 0.2) is 11.2 Å². The minimum absolute atomic E-state index is 0.00666. The Balaban J connectivity index is 1.69. The summed E-state index contributed by atoms with van der Waals surface area (Å²) in [5.74, 6) is 1.87. The van der Waals surface area contributed by atoms with Crippen LogP contribution in [0, 0.1) is 12.3 Å². The fraction of sp³-hybridized carbons (Fsp3) is 0.160. The van der Waals surface area contributed by atoms with E-state index < -0.39 is 11.4 Å². The second-order valence-electron chi connectivity index (χ2n) is 7.64. The Morgan fingerprint density at radius 1 is 1.22 bits per heavy atom. The Morgan fingerprint density at radius 2 is 1.94 bits per heavy atom. The van der Waals surface area contributed by atoms with Crippen molar-refractivity contribution in [3.63, 3.8) is 0 Å². The zero-order valence-electron chi connectivity index (χ0n) is 17.3. The van der Waals surface area contributed by atoms with E-state index in [4.69, 9.17) is 21.3 Å². The fourth-order valence-electron chi connectivity index (χ4n) is 4.62. The lowest BCUT2D eigenvalue weighted by Gasteiger charge is -2.26. The van der Waals surface area contributed by atoms with Crippen LogP contribution in [-0.2, 0) is 26.3 Å². The molecular formula is C25H19N3O4. The van der Waals surface area contributed by atoms with Crippen molar-refractivity contribution in [1.29, 1.82) is 0 Å². The van der Waals surface area contributed by atoms with Crippen molar-refractivity contribution in [2.45, 2.75) is 18.9 Å². The van der Waals surface area contributed by atoms with E-state index in [-0.39, 0.29) is 36.3 Å². The molecule has 0 radical (unpaired) electrons. The summed E-state index contributed by atoms with van der Waals surface area (Å²) in [7, 11) is 0. The van der Waals surface area contributed by atoms with Gasteiger partial charge in [-0.25, -0.2) is 4.79 Å². The fourth-order valence-corrected chi connectivity index (χ4v) is 4.62. The Hall–Kier alpha value is -4.31. The molecule has 1 aliphatic heterocycles. The predicted molar refractivity (Wildman–Crippen MR) is 117 cm³/mol. The Labute approximate surface area is 184 Å². The number of carbonyl (C=O) groups excluding carboxylic acids is 2. The number of oxazole rings is 1. The summed E-state index contributed by atoms with van der Waals surface area (Å²) in [5.41, 5.74) is 7.30. The molecule has 0 saturated carbocycles. The van der Waals surface area contributed by atoms with Crippen molar-refractivity contribution in [3.8, 4) is 23.7 Å². The largest absolute Gasteiger partial charge is 0.457 e. The van der Waals surface area contributed by atoms with Crippen molar-refractivity contribution >= 4 is 17.9 Å². The molecule has 2 aliphatic rings. The number of anilines is 1. The lowest BCUT2D eigenvalue weighted by Crippen LogP contribution is -2.42. The van der Waals surface area contributed by atoms with Gasteiger partial charge in [-0.1, -0.05) is 60.5 Å². The summed E-state index contributed by atoms with van der Waals surface area (Å²) < 4.78 is 11.3. The molecule has 1 aliphatic carbocycles. The summed E-state index contributed by atoms with van der Waals surface area (Å²) in [4.78, 5) is 33.2. The molecule has 158 valence electrons. The maximum atomic E-state index is 13.9. The van der Waals surface area contributed by atoms with Gasteiger partial charge in [-0.05, 0) is 18.1 Å². The Morgan fingerprint density at radius 3 is 2.69 bits per heavy atom. The summed E-state index contributed by atoms with van der Waals surface area (Å²) in [6.45, 7) is 1.76. The Kier molecular flexibility index (Phi) is 4.38. The van der Waals surface area contributed by atoms with E-state index in [1.54, 1.807) is 19.1 Å². The highest BCUT2D eigenvalue weighted by Gasteiger charge is 2.63. The molecule has 7 nitrogen and oxygen atoms in total. The van der Waals surface area contributed by atoms with E-state index >= 15 is 0 Å². The van der Waals surface area contributed by atoms with E-state index in [2.05, 4.69) is 10.9 Å². The van der Waals surface area contributed by atoms with Gasteiger partial charge in [0.1, 0.15) is 12.3 Å². The first-order chi connectivity index (χ1) is 15.5. The van der Waals surface area contributed by atoms with Gasteiger partial charge >= 0.3 is 5.97 Å². The number of allylic oxidation sites excluding steroid dienone is 1. The van der Waals surface area contributed by atoms with Gasteiger partial charge in [0, 0.05) is 11.3 Å². The van der Waals surface area contributed by atoms with Crippen LogP contribution in [0.15, 0.2) is 70.3 Å². The van der Waals surface area contributed by atoms with Crippen molar-refractivity contribution in [3.05, 3.63) is 82.7 Å². The van der Waals surface area contributed by atoms with Gasteiger partial charge < -0.3 is 19.8 Å². The number of amides is 1. The molecule has 5 rings (SSSR count). The summed E-state index contributed by atoms with van der Waals surface area (Å²) in [6.07, 6.45) is 5.53. The molecule has 2 aromatic carbocycles. The van der Waals surface area contributed by atoms with E-state index in [0.29, 0.717) is 22.6 Å². The van der Waals surface area contributed by atoms with Gasteiger partial charge in [-0.3, -0.25) is 4.79 Å². The number of hydrogen-bond donors (Lipinski definition) is 1. The number of carbonyl (C=O) groups is 2. The van der Waals surface area contributed by atoms with Crippen LogP contribution in [-0.4, -0.2) is 28.3 Å². The van der Waals surface area contributed by atoms with Crippen LogP contribution in [0.5, 0.6) is 0 Å². The maximum absolute atomic E-state index is 13.9. The predicted octanol–water partition coefficient (Wildman–Crippen LogP) is 3.02. The number of rotatable bonds is 4. The molecule has 1 atom stereocenters. The second kappa shape index (κ2) is 7.13. The van der Waals surface area contributed by atoms with Crippen LogP contribution in [0.1, 0.15) is 23.7 Å². The van der Waals surface area contributed by atoms with Gasteiger partial charge in [0.25, 0.3) is 6.01 Å².